The molecule has 0 radical (unpaired) electrons. The minimum atomic E-state index is -3.01. The number of rotatable bonds is 5. The molecule has 4 nitrogen and oxygen atoms in total. The highest BCUT2D eigenvalue weighted by Gasteiger charge is 2.18. The summed E-state index contributed by atoms with van der Waals surface area (Å²) in [6.45, 7) is -3.01. The van der Waals surface area contributed by atoms with E-state index in [0.717, 1.165) is 0 Å². The van der Waals surface area contributed by atoms with Crippen LogP contribution in [0.3, 0.4) is 0 Å². The predicted octanol–water partition coefficient (Wildman–Crippen LogP) is 2.84. The molecule has 8 heteroatoms. The molecule has 1 aromatic rings. The van der Waals surface area contributed by atoms with Gasteiger partial charge in [-0.1, -0.05) is 11.6 Å². The van der Waals surface area contributed by atoms with Crippen molar-refractivity contribution < 1.29 is 23.4 Å². The SMILES string of the molecule is Cl.N[C@H](CC(=O)O)c1cc(Cl)ccc1OC(F)F. The molecule has 0 aromatic heterocycles. The van der Waals surface area contributed by atoms with E-state index in [0.29, 0.717) is 0 Å². The van der Waals surface area contributed by atoms with Gasteiger partial charge in [0.15, 0.2) is 0 Å². The topological polar surface area (TPSA) is 72.6 Å². The van der Waals surface area contributed by atoms with Crippen molar-refractivity contribution in [1.29, 1.82) is 0 Å². The number of hydrogen-bond donors (Lipinski definition) is 2. The lowest BCUT2D eigenvalue weighted by atomic mass is 10.0. The number of carbonyl (C=O) groups is 1. The number of hydrogen-bond acceptors (Lipinski definition) is 3. The van der Waals surface area contributed by atoms with E-state index in [-0.39, 0.29) is 28.7 Å². The van der Waals surface area contributed by atoms with Gasteiger partial charge in [0.2, 0.25) is 0 Å². The van der Waals surface area contributed by atoms with E-state index >= 15 is 0 Å². The first-order valence-electron chi connectivity index (χ1n) is 4.61. The maximum Gasteiger partial charge on any atom is 0.387 e. The van der Waals surface area contributed by atoms with Gasteiger partial charge in [0.25, 0.3) is 0 Å². The van der Waals surface area contributed by atoms with Crippen molar-refractivity contribution in [1.82, 2.24) is 0 Å². The molecule has 0 aliphatic carbocycles. The smallest absolute Gasteiger partial charge is 0.387 e. The van der Waals surface area contributed by atoms with Crippen LogP contribution in [0.4, 0.5) is 8.78 Å². The summed E-state index contributed by atoms with van der Waals surface area (Å²) in [5, 5.41) is 8.85. The molecule has 1 rings (SSSR count). The molecule has 1 aromatic carbocycles. The molecular formula is C10H11Cl2F2NO3. The van der Waals surface area contributed by atoms with E-state index in [1.807, 2.05) is 0 Å². The van der Waals surface area contributed by atoms with Gasteiger partial charge in [0.05, 0.1) is 6.42 Å². The number of halogens is 4. The van der Waals surface area contributed by atoms with Gasteiger partial charge in [-0.25, -0.2) is 0 Å². The summed E-state index contributed by atoms with van der Waals surface area (Å²) in [6.07, 6.45) is -0.403. The largest absolute Gasteiger partial charge is 0.481 e. The molecular weight excluding hydrogens is 291 g/mol. The minimum absolute atomic E-state index is 0. The van der Waals surface area contributed by atoms with E-state index in [9.17, 15) is 13.6 Å². The Labute approximate surface area is 113 Å². The molecule has 0 aliphatic heterocycles. The van der Waals surface area contributed by atoms with E-state index in [1.165, 1.54) is 18.2 Å². The van der Waals surface area contributed by atoms with Crippen LogP contribution in [0.25, 0.3) is 0 Å². The number of carboxylic acid groups (broad SMARTS) is 1. The van der Waals surface area contributed by atoms with Crippen molar-refractivity contribution in [3.8, 4) is 5.75 Å². The Hall–Kier alpha value is -1.11. The monoisotopic (exact) mass is 301 g/mol. The Morgan fingerprint density at radius 2 is 2.11 bits per heavy atom. The van der Waals surface area contributed by atoms with Crippen LogP contribution in [0.2, 0.25) is 5.02 Å². The second-order valence-electron chi connectivity index (χ2n) is 3.27. The molecule has 18 heavy (non-hydrogen) atoms. The minimum Gasteiger partial charge on any atom is -0.481 e. The molecule has 0 saturated carbocycles. The third-order valence-corrected chi connectivity index (χ3v) is 2.22. The lowest BCUT2D eigenvalue weighted by molar-refractivity contribution is -0.137. The highest BCUT2D eigenvalue weighted by Crippen LogP contribution is 2.30. The van der Waals surface area contributed by atoms with Crippen LogP contribution in [0, 0.1) is 0 Å². The van der Waals surface area contributed by atoms with Crippen molar-refractivity contribution in [3.05, 3.63) is 28.8 Å². The summed E-state index contributed by atoms with van der Waals surface area (Å²) in [7, 11) is 0. The lowest BCUT2D eigenvalue weighted by Crippen LogP contribution is -2.17. The lowest BCUT2D eigenvalue weighted by Gasteiger charge is -2.15. The summed E-state index contributed by atoms with van der Waals surface area (Å²) in [5.41, 5.74) is 5.72. The Balaban J connectivity index is 0.00000289. The number of alkyl halides is 2. The normalized spacial score (nSPS) is 11.8. The molecule has 0 amide bonds. The standard InChI is InChI=1S/C10H10ClF2NO3.ClH/c11-5-1-2-8(17-10(12)13)6(3-5)7(14)4-9(15)16;/h1-3,7,10H,4,14H2,(H,15,16);1H/t7-;/m1./s1. The van der Waals surface area contributed by atoms with Crippen LogP contribution < -0.4 is 10.5 Å². The van der Waals surface area contributed by atoms with Gasteiger partial charge in [0, 0.05) is 16.6 Å². The molecule has 3 N–H and O–H groups in total. The van der Waals surface area contributed by atoms with Gasteiger partial charge < -0.3 is 15.6 Å². The summed E-state index contributed by atoms with van der Waals surface area (Å²) in [4.78, 5) is 10.5. The van der Waals surface area contributed by atoms with Crippen molar-refractivity contribution in [2.24, 2.45) is 5.73 Å². The number of ether oxygens (including phenoxy) is 1. The van der Waals surface area contributed by atoms with Crippen LogP contribution in [-0.4, -0.2) is 17.7 Å². The van der Waals surface area contributed by atoms with Gasteiger partial charge in [0.1, 0.15) is 5.75 Å². The van der Waals surface area contributed by atoms with Gasteiger partial charge in [-0.15, -0.1) is 12.4 Å². The van der Waals surface area contributed by atoms with E-state index in [4.69, 9.17) is 22.4 Å². The van der Waals surface area contributed by atoms with Gasteiger partial charge in [-0.2, -0.15) is 8.78 Å². The van der Waals surface area contributed by atoms with Crippen LogP contribution in [0.1, 0.15) is 18.0 Å². The Morgan fingerprint density at radius 3 is 2.61 bits per heavy atom. The van der Waals surface area contributed by atoms with E-state index in [2.05, 4.69) is 4.74 Å². The second kappa shape index (κ2) is 7.35. The zero-order valence-electron chi connectivity index (χ0n) is 8.98. The van der Waals surface area contributed by atoms with E-state index in [1.54, 1.807) is 0 Å². The summed E-state index contributed by atoms with van der Waals surface area (Å²) in [6, 6.07) is 2.94. The zero-order valence-corrected chi connectivity index (χ0v) is 10.5. The van der Waals surface area contributed by atoms with Gasteiger partial charge >= 0.3 is 12.6 Å². The number of benzene rings is 1. The van der Waals surface area contributed by atoms with Crippen molar-refractivity contribution >= 4 is 30.0 Å². The number of nitrogens with two attached hydrogens (primary N) is 1. The van der Waals surface area contributed by atoms with Crippen LogP contribution >= 0.6 is 24.0 Å². The maximum atomic E-state index is 12.1. The first-order valence-corrected chi connectivity index (χ1v) is 4.99. The fraction of sp³-hybridized carbons (Fsp3) is 0.300. The molecule has 0 spiro atoms. The number of carboxylic acids is 1. The Bertz CT molecular complexity index is 418. The maximum absolute atomic E-state index is 12.1. The van der Waals surface area contributed by atoms with Crippen LogP contribution in [-0.2, 0) is 4.79 Å². The quantitative estimate of drug-likeness (QED) is 0.877. The first kappa shape index (κ1) is 16.9. The van der Waals surface area contributed by atoms with Crippen molar-refractivity contribution in [2.45, 2.75) is 19.1 Å². The second-order valence-corrected chi connectivity index (χ2v) is 3.70. The van der Waals surface area contributed by atoms with Crippen LogP contribution in [0.15, 0.2) is 18.2 Å². The molecule has 0 bridgehead atoms. The third-order valence-electron chi connectivity index (χ3n) is 1.98. The van der Waals surface area contributed by atoms with Crippen LogP contribution in [0.5, 0.6) is 5.75 Å². The fourth-order valence-electron chi connectivity index (χ4n) is 1.31. The van der Waals surface area contributed by atoms with Crippen molar-refractivity contribution in [2.75, 3.05) is 0 Å². The van der Waals surface area contributed by atoms with Crippen molar-refractivity contribution in [3.63, 3.8) is 0 Å². The molecule has 0 unspecified atom stereocenters. The number of aliphatic carboxylic acids is 1. The summed E-state index contributed by atoms with van der Waals surface area (Å²) < 4.78 is 28.5. The summed E-state index contributed by atoms with van der Waals surface area (Å²) >= 11 is 5.69. The molecule has 0 saturated heterocycles. The average molecular weight is 302 g/mol. The first-order chi connectivity index (χ1) is 7.90. The fourth-order valence-corrected chi connectivity index (χ4v) is 1.49. The zero-order chi connectivity index (χ0) is 13.0. The Morgan fingerprint density at radius 1 is 1.50 bits per heavy atom. The predicted molar refractivity (Wildman–Crippen MR) is 64.5 cm³/mol. The molecule has 1 atom stereocenters. The third kappa shape index (κ3) is 5.03. The molecule has 0 heterocycles. The summed E-state index contributed by atoms with van der Waals surface area (Å²) in [5.74, 6) is -1.31. The Kier molecular flexibility index (Phi) is 6.90. The highest BCUT2D eigenvalue weighted by atomic mass is 35.5. The highest BCUT2D eigenvalue weighted by molar-refractivity contribution is 6.30. The molecule has 0 aliphatic rings. The molecule has 102 valence electrons. The average Bonchev–Trinajstić information content (AvgIpc) is 2.19. The van der Waals surface area contributed by atoms with Gasteiger partial charge in [-0.05, 0) is 18.2 Å². The molecule has 0 fully saturated rings. The van der Waals surface area contributed by atoms with E-state index < -0.39 is 25.0 Å². The van der Waals surface area contributed by atoms with Gasteiger partial charge in [-0.3, -0.25) is 4.79 Å².